The molecule has 1 unspecified atom stereocenters. The Kier molecular flexibility index (Phi) is 3.96. The van der Waals surface area contributed by atoms with Crippen LogP contribution in [-0.4, -0.2) is 31.3 Å². The minimum atomic E-state index is 0.495. The van der Waals surface area contributed by atoms with Crippen molar-refractivity contribution in [3.63, 3.8) is 0 Å². The van der Waals surface area contributed by atoms with Crippen LogP contribution in [0, 0.1) is 4.77 Å². The van der Waals surface area contributed by atoms with Crippen LogP contribution >= 0.6 is 24.0 Å². The second kappa shape index (κ2) is 5.46. The monoisotopic (exact) mass is 266 g/mol. The lowest BCUT2D eigenvalue weighted by molar-refractivity contribution is 0.688. The van der Waals surface area contributed by atoms with E-state index in [1.54, 1.807) is 12.4 Å². The number of rotatable bonds is 4. The minimum absolute atomic E-state index is 0.495. The van der Waals surface area contributed by atoms with E-state index < -0.39 is 0 Å². The predicted octanol–water partition coefficient (Wildman–Crippen LogP) is 2.75. The summed E-state index contributed by atoms with van der Waals surface area (Å²) in [6.45, 7) is 3.02. The van der Waals surface area contributed by atoms with Gasteiger partial charge in [-0.1, -0.05) is 6.92 Å². The van der Waals surface area contributed by atoms with E-state index in [4.69, 9.17) is 12.2 Å². The third-order valence-electron chi connectivity index (χ3n) is 2.52. The molecule has 0 aliphatic heterocycles. The quantitative estimate of drug-likeness (QED) is 0.864. The van der Waals surface area contributed by atoms with Crippen molar-refractivity contribution in [2.45, 2.75) is 18.7 Å². The summed E-state index contributed by atoms with van der Waals surface area (Å²) in [7, 11) is 0. The fraction of sp³-hybridized carbons (Fsp3) is 0.364. The molecule has 1 atom stereocenters. The van der Waals surface area contributed by atoms with Gasteiger partial charge in [-0.2, -0.15) is 16.9 Å². The topological polar surface area (TPSA) is 46.5 Å². The van der Waals surface area contributed by atoms with Gasteiger partial charge in [-0.25, -0.2) is 0 Å². The van der Waals surface area contributed by atoms with Crippen molar-refractivity contribution in [3.8, 4) is 11.4 Å². The molecule has 0 saturated carbocycles. The van der Waals surface area contributed by atoms with Gasteiger partial charge in [-0.3, -0.25) is 14.6 Å². The van der Waals surface area contributed by atoms with Crippen LogP contribution in [0.4, 0.5) is 0 Å². The lowest BCUT2D eigenvalue weighted by atomic mass is 10.2. The van der Waals surface area contributed by atoms with Gasteiger partial charge in [0.15, 0.2) is 10.6 Å². The van der Waals surface area contributed by atoms with Crippen molar-refractivity contribution in [3.05, 3.63) is 29.3 Å². The Morgan fingerprint density at radius 1 is 1.59 bits per heavy atom. The predicted molar refractivity (Wildman–Crippen MR) is 73.6 cm³/mol. The van der Waals surface area contributed by atoms with Gasteiger partial charge in [-0.15, -0.1) is 0 Å². The SMILES string of the molecule is CSC(C)Cn1c(-c2cccnc2)n[nH]c1=S. The van der Waals surface area contributed by atoms with E-state index in [9.17, 15) is 0 Å². The summed E-state index contributed by atoms with van der Waals surface area (Å²) in [6.07, 6.45) is 5.64. The molecule has 0 spiro atoms. The van der Waals surface area contributed by atoms with E-state index in [1.165, 1.54) is 0 Å². The maximum Gasteiger partial charge on any atom is 0.195 e. The first-order valence-corrected chi connectivity index (χ1v) is 7.00. The molecular weight excluding hydrogens is 252 g/mol. The second-order valence-electron chi connectivity index (χ2n) is 3.75. The number of nitrogens with zero attached hydrogens (tertiary/aromatic N) is 3. The van der Waals surface area contributed by atoms with Gasteiger partial charge in [0.05, 0.1) is 0 Å². The highest BCUT2D eigenvalue weighted by atomic mass is 32.2. The maximum atomic E-state index is 5.25. The zero-order chi connectivity index (χ0) is 12.3. The molecule has 0 saturated heterocycles. The molecule has 0 aliphatic carbocycles. The molecule has 2 aromatic rings. The van der Waals surface area contributed by atoms with E-state index >= 15 is 0 Å². The summed E-state index contributed by atoms with van der Waals surface area (Å²) in [6, 6.07) is 3.88. The van der Waals surface area contributed by atoms with Gasteiger partial charge in [0.2, 0.25) is 0 Å². The van der Waals surface area contributed by atoms with Gasteiger partial charge in [0.25, 0.3) is 0 Å². The standard InChI is InChI=1S/C11H14N4S2/c1-8(17-2)7-15-10(13-14-11(15)16)9-4-3-5-12-6-9/h3-6,8H,7H2,1-2H3,(H,14,16). The third kappa shape index (κ3) is 2.76. The fourth-order valence-corrected chi connectivity index (χ4v) is 2.04. The Balaban J connectivity index is 2.39. The van der Waals surface area contributed by atoms with Crippen molar-refractivity contribution in [1.82, 2.24) is 19.7 Å². The molecule has 2 aromatic heterocycles. The largest absolute Gasteiger partial charge is 0.299 e. The Morgan fingerprint density at radius 2 is 2.41 bits per heavy atom. The maximum absolute atomic E-state index is 5.25. The van der Waals surface area contributed by atoms with Crippen molar-refractivity contribution in [2.75, 3.05) is 6.26 Å². The first-order chi connectivity index (χ1) is 8.22. The molecular formula is C11H14N4S2. The van der Waals surface area contributed by atoms with Crippen LogP contribution in [0.25, 0.3) is 11.4 Å². The van der Waals surface area contributed by atoms with Crippen molar-refractivity contribution in [2.24, 2.45) is 0 Å². The third-order valence-corrected chi connectivity index (χ3v) is 3.79. The van der Waals surface area contributed by atoms with Crippen LogP contribution in [0.1, 0.15) is 6.92 Å². The summed E-state index contributed by atoms with van der Waals surface area (Å²) < 4.78 is 2.68. The lowest BCUT2D eigenvalue weighted by Crippen LogP contribution is -2.10. The Bertz CT molecular complexity index is 532. The molecule has 0 fully saturated rings. The van der Waals surface area contributed by atoms with Crippen LogP contribution < -0.4 is 0 Å². The van der Waals surface area contributed by atoms with Gasteiger partial charge in [0.1, 0.15) is 0 Å². The summed E-state index contributed by atoms with van der Waals surface area (Å²) in [4.78, 5) is 4.10. The number of hydrogen-bond acceptors (Lipinski definition) is 4. The van der Waals surface area contributed by atoms with Crippen LogP contribution in [-0.2, 0) is 6.54 Å². The molecule has 0 aliphatic rings. The number of H-pyrrole nitrogens is 1. The molecule has 2 heterocycles. The smallest absolute Gasteiger partial charge is 0.195 e. The zero-order valence-electron chi connectivity index (χ0n) is 9.75. The molecule has 1 N–H and O–H groups in total. The fourth-order valence-electron chi connectivity index (χ4n) is 1.53. The Morgan fingerprint density at radius 3 is 3.06 bits per heavy atom. The summed E-state index contributed by atoms with van der Waals surface area (Å²) in [5.74, 6) is 0.851. The van der Waals surface area contributed by atoms with Gasteiger partial charge in [0, 0.05) is 29.8 Å². The number of aromatic amines is 1. The lowest BCUT2D eigenvalue weighted by Gasteiger charge is -2.11. The van der Waals surface area contributed by atoms with Crippen LogP contribution in [0.15, 0.2) is 24.5 Å². The summed E-state index contributed by atoms with van der Waals surface area (Å²) in [5, 5.41) is 7.61. The van der Waals surface area contributed by atoms with Crippen LogP contribution in [0.2, 0.25) is 0 Å². The average Bonchev–Trinajstić information content (AvgIpc) is 2.72. The first kappa shape index (κ1) is 12.3. The molecule has 0 bridgehead atoms. The van der Waals surface area contributed by atoms with Crippen molar-refractivity contribution in [1.29, 1.82) is 0 Å². The number of aromatic nitrogens is 4. The molecule has 90 valence electrons. The van der Waals surface area contributed by atoms with Gasteiger partial charge in [-0.05, 0) is 30.6 Å². The normalized spacial score (nSPS) is 12.6. The summed E-state index contributed by atoms with van der Waals surface area (Å²) >= 11 is 7.07. The minimum Gasteiger partial charge on any atom is -0.299 e. The number of pyridine rings is 1. The van der Waals surface area contributed by atoms with Crippen molar-refractivity contribution >= 4 is 24.0 Å². The molecule has 17 heavy (non-hydrogen) atoms. The Hall–Kier alpha value is -1.14. The number of hydrogen-bond donors (Lipinski definition) is 1. The highest BCUT2D eigenvalue weighted by Crippen LogP contribution is 2.18. The van der Waals surface area contributed by atoms with Crippen LogP contribution in [0.5, 0.6) is 0 Å². The van der Waals surface area contributed by atoms with E-state index in [1.807, 2.05) is 28.5 Å². The van der Waals surface area contributed by atoms with Crippen LogP contribution in [0.3, 0.4) is 0 Å². The molecule has 0 aromatic carbocycles. The average molecular weight is 266 g/mol. The first-order valence-electron chi connectivity index (χ1n) is 5.30. The van der Waals surface area contributed by atoms with Crippen molar-refractivity contribution < 1.29 is 0 Å². The van der Waals surface area contributed by atoms with Gasteiger partial charge >= 0.3 is 0 Å². The number of nitrogens with one attached hydrogen (secondary N) is 1. The van der Waals surface area contributed by atoms with E-state index in [0.717, 1.165) is 17.9 Å². The molecule has 4 nitrogen and oxygen atoms in total. The highest BCUT2D eigenvalue weighted by molar-refractivity contribution is 7.99. The Labute approximate surface area is 109 Å². The highest BCUT2D eigenvalue weighted by Gasteiger charge is 2.11. The van der Waals surface area contributed by atoms with Gasteiger partial charge < -0.3 is 0 Å². The van der Waals surface area contributed by atoms with E-state index in [-0.39, 0.29) is 0 Å². The van der Waals surface area contributed by atoms with E-state index in [0.29, 0.717) is 10.0 Å². The second-order valence-corrected chi connectivity index (χ2v) is 5.41. The molecule has 6 heteroatoms. The summed E-state index contributed by atoms with van der Waals surface area (Å²) in [5.41, 5.74) is 0.980. The zero-order valence-corrected chi connectivity index (χ0v) is 11.4. The molecule has 0 amide bonds. The molecule has 2 rings (SSSR count). The van der Waals surface area contributed by atoms with E-state index in [2.05, 4.69) is 28.4 Å². The molecule has 0 radical (unpaired) electrons. The number of thioether (sulfide) groups is 1.